The molecule has 10 heteroatoms. The third-order valence-corrected chi connectivity index (χ3v) is 7.24. The molecule has 0 spiro atoms. The van der Waals surface area contributed by atoms with E-state index in [9.17, 15) is 13.2 Å². The second kappa shape index (κ2) is 12.9. The highest BCUT2D eigenvalue weighted by atomic mass is 35.5. The van der Waals surface area contributed by atoms with E-state index < -0.39 is 21.3 Å². The van der Waals surface area contributed by atoms with Gasteiger partial charge < -0.3 is 15.0 Å². The molecule has 0 bridgehead atoms. The molecule has 0 fully saturated rings. The second-order valence-electron chi connectivity index (χ2n) is 8.57. The third-order valence-electron chi connectivity index (χ3n) is 5.00. The number of hydrogen-bond donors (Lipinski definition) is 2. The Morgan fingerprint density at radius 1 is 1.12 bits per heavy atom. The van der Waals surface area contributed by atoms with Gasteiger partial charge in [0, 0.05) is 47.8 Å². The van der Waals surface area contributed by atoms with Gasteiger partial charge in [-0.2, -0.15) is 0 Å². The van der Waals surface area contributed by atoms with Crippen LogP contribution in [0.2, 0.25) is 5.02 Å². The molecule has 2 rings (SSSR count). The summed E-state index contributed by atoms with van der Waals surface area (Å²) in [5.74, 6) is -0.308. The fourth-order valence-electron chi connectivity index (χ4n) is 3.56. The minimum absolute atomic E-state index is 0.273. The molecule has 1 amide bonds. The first kappa shape index (κ1) is 27.9. The molecule has 0 saturated carbocycles. The Morgan fingerprint density at radius 2 is 1.79 bits per heavy atom. The molecule has 0 saturated heterocycles. The van der Waals surface area contributed by atoms with Crippen LogP contribution >= 0.6 is 11.6 Å². The lowest BCUT2D eigenvalue weighted by Gasteiger charge is -2.37. The molecule has 1 aromatic heterocycles. The molecule has 1 aromatic carbocycles. The number of aromatic nitrogens is 1. The largest absolute Gasteiger partial charge is 0.492 e. The quantitative estimate of drug-likeness (QED) is 0.388. The summed E-state index contributed by atoms with van der Waals surface area (Å²) in [5, 5.41) is 2.52. The van der Waals surface area contributed by atoms with E-state index in [-0.39, 0.29) is 17.5 Å². The first-order valence-electron chi connectivity index (χ1n) is 11.4. The SMILES string of the molecule is CCCNS(=O)(=O)C(C(C)C)N(C(=O)c1cc(Cl)cc(OCCNc2ccncc2)c1)C(C)C. The van der Waals surface area contributed by atoms with Crippen LogP contribution in [-0.2, 0) is 10.0 Å². The van der Waals surface area contributed by atoms with Crippen LogP contribution in [0.3, 0.4) is 0 Å². The van der Waals surface area contributed by atoms with Crippen molar-refractivity contribution in [2.24, 2.45) is 5.92 Å². The number of pyridine rings is 1. The van der Waals surface area contributed by atoms with Crippen molar-refractivity contribution in [1.82, 2.24) is 14.6 Å². The number of sulfonamides is 1. The summed E-state index contributed by atoms with van der Waals surface area (Å²) in [6.45, 7) is 10.3. The van der Waals surface area contributed by atoms with Crippen molar-refractivity contribution in [3.05, 3.63) is 53.3 Å². The van der Waals surface area contributed by atoms with Crippen molar-refractivity contribution in [3.63, 3.8) is 0 Å². The summed E-state index contributed by atoms with van der Waals surface area (Å²) in [7, 11) is -3.77. The maximum atomic E-state index is 13.6. The van der Waals surface area contributed by atoms with Crippen LogP contribution in [0.5, 0.6) is 5.75 Å². The number of nitrogens with zero attached hydrogens (tertiary/aromatic N) is 2. The Morgan fingerprint density at radius 3 is 2.38 bits per heavy atom. The number of amides is 1. The number of nitrogens with one attached hydrogen (secondary N) is 2. The molecule has 1 unspecified atom stereocenters. The average Bonchev–Trinajstić information content (AvgIpc) is 2.78. The summed E-state index contributed by atoms with van der Waals surface area (Å²) < 4.78 is 34.6. The smallest absolute Gasteiger partial charge is 0.255 e. The van der Waals surface area contributed by atoms with Crippen molar-refractivity contribution in [2.75, 3.05) is 25.0 Å². The van der Waals surface area contributed by atoms with Crippen LogP contribution in [0.15, 0.2) is 42.7 Å². The summed E-state index contributed by atoms with van der Waals surface area (Å²) in [4.78, 5) is 19.0. The Balaban J connectivity index is 2.22. The van der Waals surface area contributed by atoms with Gasteiger partial charge >= 0.3 is 0 Å². The lowest BCUT2D eigenvalue weighted by molar-refractivity contribution is 0.0637. The minimum Gasteiger partial charge on any atom is -0.492 e. The van der Waals surface area contributed by atoms with Crippen molar-refractivity contribution >= 4 is 33.2 Å². The van der Waals surface area contributed by atoms with E-state index in [1.54, 1.807) is 52.2 Å². The molecule has 188 valence electrons. The number of carbonyl (C=O) groups is 1. The van der Waals surface area contributed by atoms with E-state index in [0.717, 1.165) is 5.69 Å². The molecule has 2 N–H and O–H groups in total. The van der Waals surface area contributed by atoms with E-state index in [2.05, 4.69) is 15.0 Å². The summed E-state index contributed by atoms with van der Waals surface area (Å²) >= 11 is 6.28. The molecule has 2 aromatic rings. The average molecular weight is 511 g/mol. The molecule has 34 heavy (non-hydrogen) atoms. The van der Waals surface area contributed by atoms with Crippen LogP contribution in [0.1, 0.15) is 51.4 Å². The minimum atomic E-state index is -3.77. The summed E-state index contributed by atoms with van der Waals surface area (Å²) in [5.41, 5.74) is 1.19. The van der Waals surface area contributed by atoms with Gasteiger partial charge in [0.05, 0.1) is 0 Å². The highest BCUT2D eigenvalue weighted by molar-refractivity contribution is 7.90. The Bertz CT molecular complexity index is 1030. The number of halogens is 1. The summed E-state index contributed by atoms with van der Waals surface area (Å²) in [6, 6.07) is 8.11. The predicted molar refractivity (Wildman–Crippen MR) is 137 cm³/mol. The van der Waals surface area contributed by atoms with Crippen molar-refractivity contribution in [1.29, 1.82) is 0 Å². The molecule has 0 radical (unpaired) electrons. The van der Waals surface area contributed by atoms with Gasteiger partial charge in [-0.3, -0.25) is 9.78 Å². The zero-order valence-corrected chi connectivity index (χ0v) is 22.0. The molecule has 8 nitrogen and oxygen atoms in total. The van der Waals surface area contributed by atoms with Crippen LogP contribution in [0, 0.1) is 5.92 Å². The van der Waals surface area contributed by atoms with Gasteiger partial charge in [-0.1, -0.05) is 32.4 Å². The molecular formula is C24H35ClN4O4S. The lowest BCUT2D eigenvalue weighted by Crippen LogP contribution is -2.54. The maximum absolute atomic E-state index is 13.6. The van der Waals surface area contributed by atoms with Gasteiger partial charge in [-0.15, -0.1) is 0 Å². The standard InChI is InChI=1S/C24H35ClN4O4S/c1-6-9-28-34(31,32)24(17(2)3)29(18(4)5)23(30)19-14-20(25)16-22(15-19)33-13-12-27-21-7-10-26-11-8-21/h7-8,10-11,14-18,24,28H,6,9,12-13H2,1-5H3,(H,26,27). The Hall–Kier alpha value is -2.36. The fraction of sp³-hybridized carbons (Fsp3) is 0.500. The van der Waals surface area contributed by atoms with Crippen molar-refractivity contribution < 1.29 is 17.9 Å². The first-order chi connectivity index (χ1) is 16.1. The van der Waals surface area contributed by atoms with E-state index in [4.69, 9.17) is 16.3 Å². The molecule has 0 aliphatic carbocycles. The first-order valence-corrected chi connectivity index (χ1v) is 13.4. The van der Waals surface area contributed by atoms with Crippen LogP contribution in [0.4, 0.5) is 5.69 Å². The van der Waals surface area contributed by atoms with Crippen LogP contribution in [-0.4, -0.2) is 55.3 Å². The van der Waals surface area contributed by atoms with Gasteiger partial charge in [-0.25, -0.2) is 13.1 Å². The zero-order chi connectivity index (χ0) is 25.3. The van der Waals surface area contributed by atoms with Gasteiger partial charge in [0.1, 0.15) is 12.4 Å². The molecule has 1 atom stereocenters. The third kappa shape index (κ3) is 7.85. The number of rotatable bonds is 13. The topological polar surface area (TPSA) is 101 Å². The summed E-state index contributed by atoms with van der Waals surface area (Å²) in [6.07, 6.45) is 4.05. The number of benzene rings is 1. The number of ether oxygens (including phenoxy) is 1. The predicted octanol–water partition coefficient (Wildman–Crippen LogP) is 4.39. The number of hydrogen-bond acceptors (Lipinski definition) is 6. The van der Waals surface area contributed by atoms with E-state index >= 15 is 0 Å². The monoisotopic (exact) mass is 510 g/mol. The molecule has 0 aliphatic heterocycles. The van der Waals surface area contributed by atoms with Crippen LogP contribution < -0.4 is 14.8 Å². The fourth-order valence-corrected chi connectivity index (χ4v) is 5.79. The lowest BCUT2D eigenvalue weighted by atomic mass is 10.1. The van der Waals surface area contributed by atoms with E-state index in [0.29, 0.717) is 36.9 Å². The Kier molecular flexibility index (Phi) is 10.6. The highest BCUT2D eigenvalue weighted by Crippen LogP contribution is 2.26. The van der Waals surface area contributed by atoms with Gasteiger partial charge in [0.25, 0.3) is 5.91 Å². The van der Waals surface area contributed by atoms with Gasteiger partial charge in [-0.05, 0) is 56.5 Å². The zero-order valence-electron chi connectivity index (χ0n) is 20.4. The number of anilines is 1. The molecule has 0 aliphatic rings. The van der Waals surface area contributed by atoms with Crippen molar-refractivity contribution in [3.8, 4) is 5.75 Å². The van der Waals surface area contributed by atoms with Gasteiger partial charge in [0.2, 0.25) is 10.0 Å². The Labute approximate surface area is 208 Å². The maximum Gasteiger partial charge on any atom is 0.255 e. The second-order valence-corrected chi connectivity index (χ2v) is 10.9. The van der Waals surface area contributed by atoms with Crippen LogP contribution in [0.25, 0.3) is 0 Å². The van der Waals surface area contributed by atoms with Gasteiger partial charge in [0.15, 0.2) is 5.37 Å². The number of carbonyl (C=O) groups excluding carboxylic acids is 1. The normalized spacial score (nSPS) is 12.6. The molecule has 1 heterocycles. The molecular weight excluding hydrogens is 476 g/mol. The van der Waals surface area contributed by atoms with E-state index in [1.807, 2.05) is 19.1 Å². The van der Waals surface area contributed by atoms with Crippen molar-refractivity contribution in [2.45, 2.75) is 52.5 Å². The van der Waals surface area contributed by atoms with E-state index in [1.165, 1.54) is 11.0 Å². The highest BCUT2D eigenvalue weighted by Gasteiger charge is 2.38.